The van der Waals surface area contributed by atoms with Crippen LogP contribution in [0.25, 0.3) is 0 Å². The highest BCUT2D eigenvalue weighted by molar-refractivity contribution is 5.41. The Morgan fingerprint density at radius 2 is 2.00 bits per heavy atom. The molecule has 0 saturated carbocycles. The first-order valence-electron chi connectivity index (χ1n) is 7.32. The zero-order valence-electron chi connectivity index (χ0n) is 13.0. The second-order valence-electron chi connectivity index (χ2n) is 5.22. The van der Waals surface area contributed by atoms with Gasteiger partial charge in [0.1, 0.15) is 11.5 Å². The van der Waals surface area contributed by atoms with Crippen molar-refractivity contribution in [3.63, 3.8) is 0 Å². The SMILES string of the molecule is CNC(C1=CC=C(Oc2ccccc2)CC1)/C(C#N)=C(\C)N. The van der Waals surface area contributed by atoms with Crippen LogP contribution in [0.2, 0.25) is 0 Å². The Bertz CT molecular complexity index is 647. The van der Waals surface area contributed by atoms with Gasteiger partial charge in [0.05, 0.1) is 17.7 Å². The van der Waals surface area contributed by atoms with Gasteiger partial charge in [0, 0.05) is 12.1 Å². The van der Waals surface area contributed by atoms with Crippen molar-refractivity contribution in [3.05, 3.63) is 65.1 Å². The molecule has 0 spiro atoms. The van der Waals surface area contributed by atoms with Crippen molar-refractivity contribution in [2.75, 3.05) is 7.05 Å². The third-order valence-electron chi connectivity index (χ3n) is 3.63. The summed E-state index contributed by atoms with van der Waals surface area (Å²) in [7, 11) is 1.84. The molecule has 0 bridgehead atoms. The van der Waals surface area contributed by atoms with Gasteiger partial charge in [-0.2, -0.15) is 5.26 Å². The smallest absolute Gasteiger partial charge is 0.126 e. The third-order valence-corrected chi connectivity index (χ3v) is 3.63. The van der Waals surface area contributed by atoms with Gasteiger partial charge >= 0.3 is 0 Å². The number of likely N-dealkylation sites (N-methyl/N-ethyl adjacent to an activating group) is 1. The highest BCUT2D eigenvalue weighted by Crippen LogP contribution is 2.26. The van der Waals surface area contributed by atoms with E-state index in [1.54, 1.807) is 6.92 Å². The van der Waals surface area contributed by atoms with Gasteiger partial charge in [0.15, 0.2) is 0 Å². The molecule has 1 aromatic rings. The molecule has 0 fully saturated rings. The highest BCUT2D eigenvalue weighted by Gasteiger charge is 2.21. The lowest BCUT2D eigenvalue weighted by atomic mass is 9.91. The average Bonchev–Trinajstić information content (AvgIpc) is 2.54. The van der Waals surface area contributed by atoms with Gasteiger partial charge in [-0.3, -0.25) is 0 Å². The number of nitrogens with zero attached hydrogens (tertiary/aromatic N) is 1. The second-order valence-corrected chi connectivity index (χ2v) is 5.22. The van der Waals surface area contributed by atoms with E-state index in [1.165, 1.54) is 0 Å². The van der Waals surface area contributed by atoms with E-state index >= 15 is 0 Å². The number of hydrogen-bond donors (Lipinski definition) is 2. The van der Waals surface area contributed by atoms with Crippen molar-refractivity contribution in [2.45, 2.75) is 25.8 Å². The molecule has 22 heavy (non-hydrogen) atoms. The van der Waals surface area contributed by atoms with Crippen molar-refractivity contribution >= 4 is 0 Å². The van der Waals surface area contributed by atoms with Gasteiger partial charge in [-0.25, -0.2) is 0 Å². The lowest BCUT2D eigenvalue weighted by Crippen LogP contribution is -2.31. The number of nitrogens with two attached hydrogens (primary N) is 1. The summed E-state index contributed by atoms with van der Waals surface area (Å²) in [5.41, 5.74) is 8.08. The summed E-state index contributed by atoms with van der Waals surface area (Å²) in [5.74, 6) is 1.77. The maximum Gasteiger partial charge on any atom is 0.126 e. The van der Waals surface area contributed by atoms with Crippen molar-refractivity contribution in [3.8, 4) is 11.8 Å². The minimum atomic E-state index is -0.135. The van der Waals surface area contributed by atoms with Gasteiger partial charge in [0.25, 0.3) is 0 Å². The predicted molar refractivity (Wildman–Crippen MR) is 87.8 cm³/mol. The number of para-hydroxylation sites is 1. The molecule has 3 N–H and O–H groups in total. The van der Waals surface area contributed by atoms with Gasteiger partial charge in [-0.05, 0) is 44.2 Å². The van der Waals surface area contributed by atoms with Crippen LogP contribution >= 0.6 is 0 Å². The van der Waals surface area contributed by atoms with Crippen LogP contribution in [0.5, 0.6) is 5.75 Å². The molecule has 2 rings (SSSR count). The van der Waals surface area contributed by atoms with Crippen molar-refractivity contribution in [1.29, 1.82) is 5.26 Å². The summed E-state index contributed by atoms with van der Waals surface area (Å²) in [6.07, 6.45) is 5.63. The van der Waals surface area contributed by atoms with Crippen LogP contribution in [0, 0.1) is 11.3 Å². The first-order valence-corrected chi connectivity index (χ1v) is 7.32. The first-order chi connectivity index (χ1) is 10.7. The summed E-state index contributed by atoms with van der Waals surface area (Å²) in [4.78, 5) is 0. The average molecular weight is 295 g/mol. The third kappa shape index (κ3) is 3.78. The van der Waals surface area contributed by atoms with E-state index < -0.39 is 0 Å². The van der Waals surface area contributed by atoms with E-state index in [1.807, 2.05) is 49.5 Å². The fourth-order valence-corrected chi connectivity index (χ4v) is 2.50. The number of nitrogens with one attached hydrogen (secondary N) is 1. The van der Waals surface area contributed by atoms with E-state index in [0.717, 1.165) is 29.9 Å². The van der Waals surface area contributed by atoms with E-state index in [0.29, 0.717) is 11.3 Å². The monoisotopic (exact) mass is 295 g/mol. The topological polar surface area (TPSA) is 71.1 Å². The zero-order valence-corrected chi connectivity index (χ0v) is 13.0. The van der Waals surface area contributed by atoms with Gasteiger partial charge in [-0.1, -0.05) is 24.3 Å². The van der Waals surface area contributed by atoms with Crippen molar-refractivity contribution < 1.29 is 4.74 Å². The van der Waals surface area contributed by atoms with Crippen LogP contribution in [-0.2, 0) is 0 Å². The molecule has 0 saturated heterocycles. The number of ether oxygens (including phenoxy) is 1. The molecule has 0 radical (unpaired) electrons. The lowest BCUT2D eigenvalue weighted by molar-refractivity contribution is 0.399. The van der Waals surface area contributed by atoms with Crippen molar-refractivity contribution in [1.82, 2.24) is 5.32 Å². The number of nitriles is 1. The zero-order chi connectivity index (χ0) is 15.9. The second kappa shape index (κ2) is 7.48. The predicted octanol–water partition coefficient (Wildman–Crippen LogP) is 3.01. The molecule has 4 heteroatoms. The van der Waals surface area contributed by atoms with Crippen LogP contribution in [0.15, 0.2) is 65.1 Å². The van der Waals surface area contributed by atoms with Gasteiger partial charge in [-0.15, -0.1) is 0 Å². The molecule has 0 heterocycles. The van der Waals surface area contributed by atoms with E-state index in [2.05, 4.69) is 11.4 Å². The van der Waals surface area contributed by atoms with Gasteiger partial charge < -0.3 is 15.8 Å². The summed E-state index contributed by atoms with van der Waals surface area (Å²) < 4.78 is 5.85. The summed E-state index contributed by atoms with van der Waals surface area (Å²) in [6.45, 7) is 1.76. The standard InChI is InChI=1S/C18H21N3O/c1-13(20)17(12-19)18(21-2)14-8-10-16(11-9-14)22-15-6-4-3-5-7-15/h3-8,10,18,21H,9,11,20H2,1-2H3/b17-13+. The number of benzene rings is 1. The Labute approximate surface area is 131 Å². The quantitative estimate of drug-likeness (QED) is 0.819. The Morgan fingerprint density at radius 3 is 2.50 bits per heavy atom. The van der Waals surface area contributed by atoms with E-state index in [9.17, 15) is 5.26 Å². The minimum absolute atomic E-state index is 0.135. The molecule has 4 nitrogen and oxygen atoms in total. The maximum atomic E-state index is 9.28. The maximum absolute atomic E-state index is 9.28. The molecule has 1 aliphatic rings. The van der Waals surface area contributed by atoms with Crippen LogP contribution < -0.4 is 15.8 Å². The first kappa shape index (κ1) is 15.9. The molecule has 1 unspecified atom stereocenters. The molecule has 114 valence electrons. The molecule has 1 aromatic carbocycles. The van der Waals surface area contributed by atoms with Gasteiger partial charge in [0.2, 0.25) is 0 Å². The lowest BCUT2D eigenvalue weighted by Gasteiger charge is -2.23. The summed E-state index contributed by atoms with van der Waals surface area (Å²) in [5, 5.41) is 12.5. The Morgan fingerprint density at radius 1 is 1.27 bits per heavy atom. The van der Waals surface area contributed by atoms with E-state index in [-0.39, 0.29) is 6.04 Å². The molecule has 0 aromatic heterocycles. The van der Waals surface area contributed by atoms with Crippen LogP contribution in [0.1, 0.15) is 19.8 Å². The molecular weight excluding hydrogens is 274 g/mol. The van der Waals surface area contributed by atoms with Crippen LogP contribution in [-0.4, -0.2) is 13.1 Å². The number of rotatable bonds is 5. The Balaban J connectivity index is 2.15. The van der Waals surface area contributed by atoms with Crippen LogP contribution in [0.4, 0.5) is 0 Å². The summed E-state index contributed by atoms with van der Waals surface area (Å²) >= 11 is 0. The van der Waals surface area contributed by atoms with Crippen LogP contribution in [0.3, 0.4) is 0 Å². The van der Waals surface area contributed by atoms with Crippen molar-refractivity contribution in [2.24, 2.45) is 5.73 Å². The number of hydrogen-bond acceptors (Lipinski definition) is 4. The molecule has 1 atom stereocenters. The largest absolute Gasteiger partial charge is 0.462 e. The molecular formula is C18H21N3O. The fraction of sp³-hybridized carbons (Fsp3) is 0.278. The molecule has 0 amide bonds. The summed E-state index contributed by atoms with van der Waals surface area (Å²) in [6, 6.07) is 11.8. The molecule has 1 aliphatic carbocycles. The molecule has 0 aliphatic heterocycles. The number of allylic oxidation sites excluding steroid dienone is 4. The van der Waals surface area contributed by atoms with E-state index in [4.69, 9.17) is 10.5 Å². The Kier molecular flexibility index (Phi) is 5.40. The Hall–Kier alpha value is -2.51. The fourth-order valence-electron chi connectivity index (χ4n) is 2.50. The minimum Gasteiger partial charge on any atom is -0.462 e. The normalized spacial score (nSPS) is 16.8. The highest BCUT2D eigenvalue weighted by atomic mass is 16.5.